The Balaban J connectivity index is 1.61. The van der Waals surface area contributed by atoms with Gasteiger partial charge in [-0.2, -0.15) is 0 Å². The largest absolute Gasteiger partial charge is 0.369 e. The van der Waals surface area contributed by atoms with E-state index >= 15 is 0 Å². The van der Waals surface area contributed by atoms with E-state index in [1.54, 1.807) is 0 Å². The second-order valence-electron chi connectivity index (χ2n) is 6.46. The van der Waals surface area contributed by atoms with Gasteiger partial charge in [-0.1, -0.05) is 25.1 Å². The van der Waals surface area contributed by atoms with Crippen LogP contribution in [0.1, 0.15) is 20.3 Å². The van der Waals surface area contributed by atoms with Crippen LogP contribution >= 0.6 is 0 Å². The van der Waals surface area contributed by atoms with Crippen molar-refractivity contribution in [3.8, 4) is 0 Å². The smallest absolute Gasteiger partial charge is 0.224 e. The lowest BCUT2D eigenvalue weighted by Crippen LogP contribution is -2.47. The maximum Gasteiger partial charge on any atom is 0.224 e. The van der Waals surface area contributed by atoms with Crippen LogP contribution in [-0.4, -0.2) is 56.1 Å². The zero-order chi connectivity index (χ0) is 16.7. The van der Waals surface area contributed by atoms with Crippen molar-refractivity contribution in [1.29, 1.82) is 0 Å². The molecule has 1 fully saturated rings. The molecule has 0 radical (unpaired) electrons. The van der Waals surface area contributed by atoms with Crippen LogP contribution in [0.2, 0.25) is 0 Å². The number of piperazine rings is 1. The van der Waals surface area contributed by atoms with Crippen LogP contribution in [-0.2, 0) is 4.79 Å². The predicted molar refractivity (Wildman–Crippen MR) is 95.5 cm³/mol. The highest BCUT2D eigenvalue weighted by Gasteiger charge is 2.18. The van der Waals surface area contributed by atoms with E-state index < -0.39 is 0 Å². The first-order valence-corrected chi connectivity index (χ1v) is 8.63. The summed E-state index contributed by atoms with van der Waals surface area (Å²) in [5.74, 6) is -0.0571. The number of hydrogen-bond donors (Lipinski definition) is 2. The number of amides is 1. The second-order valence-corrected chi connectivity index (χ2v) is 6.46. The van der Waals surface area contributed by atoms with E-state index in [1.807, 2.05) is 13.8 Å². The summed E-state index contributed by atoms with van der Waals surface area (Å²) >= 11 is 0. The maximum absolute atomic E-state index is 11.8. The number of anilines is 1. The molecule has 1 aromatic rings. The fraction of sp³-hybridized carbons (Fsp3) is 0.611. The number of nitrogens with one attached hydrogen (secondary N) is 1. The number of benzene rings is 1. The highest BCUT2D eigenvalue weighted by molar-refractivity contribution is 5.78. The molecule has 0 saturated carbocycles. The van der Waals surface area contributed by atoms with Gasteiger partial charge in [-0.3, -0.25) is 9.69 Å². The topological polar surface area (TPSA) is 61.6 Å². The lowest BCUT2D eigenvalue weighted by molar-refractivity contribution is -0.124. The van der Waals surface area contributed by atoms with Crippen LogP contribution in [0.15, 0.2) is 30.3 Å². The SMILES string of the molecule is CC(N)C(C)C(=O)NCCCN1CCN(c2ccccc2)CC1. The molecule has 1 aromatic carbocycles. The van der Waals surface area contributed by atoms with Crippen molar-refractivity contribution in [3.05, 3.63) is 30.3 Å². The molecule has 1 aliphatic heterocycles. The van der Waals surface area contributed by atoms with Gasteiger partial charge in [0.25, 0.3) is 0 Å². The predicted octanol–water partition coefficient (Wildman–Crippen LogP) is 1.30. The molecule has 1 heterocycles. The summed E-state index contributed by atoms with van der Waals surface area (Å²) in [6.07, 6.45) is 0.989. The molecule has 0 spiro atoms. The molecule has 5 heteroatoms. The van der Waals surface area contributed by atoms with Crippen molar-refractivity contribution in [2.24, 2.45) is 11.7 Å². The summed E-state index contributed by atoms with van der Waals surface area (Å²) in [4.78, 5) is 16.7. The molecule has 1 amide bonds. The number of para-hydroxylation sites is 1. The van der Waals surface area contributed by atoms with Crippen molar-refractivity contribution in [2.75, 3.05) is 44.2 Å². The Morgan fingerprint density at radius 3 is 2.43 bits per heavy atom. The zero-order valence-electron chi connectivity index (χ0n) is 14.4. The minimum Gasteiger partial charge on any atom is -0.369 e. The Kier molecular flexibility index (Phi) is 6.86. The van der Waals surface area contributed by atoms with Crippen LogP contribution in [0, 0.1) is 5.92 Å². The molecular formula is C18H30N4O. The van der Waals surface area contributed by atoms with Gasteiger partial charge in [0.05, 0.1) is 0 Å². The third-order valence-corrected chi connectivity index (χ3v) is 4.65. The van der Waals surface area contributed by atoms with Gasteiger partial charge in [0.1, 0.15) is 0 Å². The third kappa shape index (κ3) is 5.52. The monoisotopic (exact) mass is 318 g/mol. The van der Waals surface area contributed by atoms with Gasteiger partial charge < -0.3 is 16.0 Å². The van der Waals surface area contributed by atoms with Gasteiger partial charge in [0, 0.05) is 50.4 Å². The summed E-state index contributed by atoms with van der Waals surface area (Å²) in [6.45, 7) is 9.82. The lowest BCUT2D eigenvalue weighted by atomic mass is 10.0. The molecule has 2 unspecified atom stereocenters. The summed E-state index contributed by atoms with van der Waals surface area (Å²) < 4.78 is 0. The summed E-state index contributed by atoms with van der Waals surface area (Å²) in [7, 11) is 0. The molecule has 128 valence electrons. The molecule has 1 saturated heterocycles. The first kappa shape index (κ1) is 17.8. The fourth-order valence-corrected chi connectivity index (χ4v) is 2.78. The van der Waals surface area contributed by atoms with Crippen LogP contribution in [0.3, 0.4) is 0 Å². The Labute approximate surface area is 139 Å². The van der Waals surface area contributed by atoms with E-state index in [1.165, 1.54) is 5.69 Å². The first-order chi connectivity index (χ1) is 11.1. The Bertz CT molecular complexity index is 469. The number of nitrogens with zero attached hydrogens (tertiary/aromatic N) is 2. The molecule has 23 heavy (non-hydrogen) atoms. The molecule has 2 atom stereocenters. The van der Waals surface area contributed by atoms with Crippen molar-refractivity contribution in [1.82, 2.24) is 10.2 Å². The molecular weight excluding hydrogens is 288 g/mol. The summed E-state index contributed by atoms with van der Waals surface area (Å²) in [6, 6.07) is 10.5. The van der Waals surface area contributed by atoms with Crippen molar-refractivity contribution in [2.45, 2.75) is 26.3 Å². The van der Waals surface area contributed by atoms with Gasteiger partial charge in [-0.05, 0) is 32.0 Å². The van der Waals surface area contributed by atoms with Gasteiger partial charge in [0.2, 0.25) is 5.91 Å². The minimum absolute atomic E-state index is 0.0638. The van der Waals surface area contributed by atoms with E-state index in [2.05, 4.69) is 45.4 Å². The molecule has 0 aromatic heterocycles. The van der Waals surface area contributed by atoms with E-state index in [4.69, 9.17) is 5.73 Å². The van der Waals surface area contributed by atoms with E-state index in [0.29, 0.717) is 0 Å². The van der Waals surface area contributed by atoms with Crippen molar-refractivity contribution in [3.63, 3.8) is 0 Å². The van der Waals surface area contributed by atoms with Crippen molar-refractivity contribution < 1.29 is 4.79 Å². The quantitative estimate of drug-likeness (QED) is 0.744. The Morgan fingerprint density at radius 1 is 1.17 bits per heavy atom. The third-order valence-electron chi connectivity index (χ3n) is 4.65. The molecule has 5 nitrogen and oxygen atoms in total. The molecule has 3 N–H and O–H groups in total. The summed E-state index contributed by atoms with van der Waals surface area (Å²) in [5, 5.41) is 2.98. The Hall–Kier alpha value is -1.59. The van der Waals surface area contributed by atoms with Crippen molar-refractivity contribution >= 4 is 11.6 Å². The molecule has 2 rings (SSSR count). The zero-order valence-corrected chi connectivity index (χ0v) is 14.4. The van der Waals surface area contributed by atoms with Gasteiger partial charge in [0.15, 0.2) is 0 Å². The van der Waals surface area contributed by atoms with Crippen LogP contribution in [0.4, 0.5) is 5.69 Å². The van der Waals surface area contributed by atoms with E-state index in [0.717, 1.165) is 45.7 Å². The standard InChI is InChI=1S/C18H30N4O/c1-15(16(2)19)18(23)20-9-6-10-21-11-13-22(14-12-21)17-7-4-3-5-8-17/h3-5,7-8,15-16H,6,9-14,19H2,1-2H3,(H,20,23). The number of nitrogens with two attached hydrogens (primary N) is 1. The Morgan fingerprint density at radius 2 is 1.83 bits per heavy atom. The van der Waals surface area contributed by atoms with Crippen LogP contribution in [0.25, 0.3) is 0 Å². The van der Waals surface area contributed by atoms with Gasteiger partial charge in [-0.15, -0.1) is 0 Å². The minimum atomic E-state index is -0.121. The first-order valence-electron chi connectivity index (χ1n) is 8.63. The average Bonchev–Trinajstić information content (AvgIpc) is 2.59. The van der Waals surface area contributed by atoms with E-state index in [-0.39, 0.29) is 17.9 Å². The number of carbonyl (C=O) groups is 1. The second kappa shape index (κ2) is 8.89. The summed E-state index contributed by atoms with van der Waals surface area (Å²) in [5.41, 5.74) is 7.05. The normalized spacial score (nSPS) is 18.5. The molecule has 0 bridgehead atoms. The number of hydrogen-bond acceptors (Lipinski definition) is 4. The van der Waals surface area contributed by atoms with Gasteiger partial charge in [-0.25, -0.2) is 0 Å². The fourth-order valence-electron chi connectivity index (χ4n) is 2.78. The molecule has 1 aliphatic rings. The highest BCUT2D eigenvalue weighted by Crippen LogP contribution is 2.15. The maximum atomic E-state index is 11.8. The number of rotatable bonds is 7. The van der Waals surface area contributed by atoms with Gasteiger partial charge >= 0.3 is 0 Å². The van der Waals surface area contributed by atoms with E-state index in [9.17, 15) is 4.79 Å². The lowest BCUT2D eigenvalue weighted by Gasteiger charge is -2.36. The van der Waals surface area contributed by atoms with Crippen LogP contribution < -0.4 is 16.0 Å². The average molecular weight is 318 g/mol. The van der Waals surface area contributed by atoms with Crippen LogP contribution in [0.5, 0.6) is 0 Å². The molecule has 0 aliphatic carbocycles. The highest BCUT2D eigenvalue weighted by atomic mass is 16.1. The number of carbonyl (C=O) groups excluding carboxylic acids is 1.